The van der Waals surface area contributed by atoms with Crippen molar-refractivity contribution in [3.8, 4) is 0 Å². The highest BCUT2D eigenvalue weighted by Crippen LogP contribution is 2.24. The van der Waals surface area contributed by atoms with Gasteiger partial charge in [0, 0.05) is 0 Å². The van der Waals surface area contributed by atoms with Gasteiger partial charge < -0.3 is 4.74 Å². The summed E-state index contributed by atoms with van der Waals surface area (Å²) in [6.07, 6.45) is 1.87. The molecular weight excluding hydrogens is 180 g/mol. The summed E-state index contributed by atoms with van der Waals surface area (Å²) >= 11 is 0. The lowest BCUT2D eigenvalue weighted by Gasteiger charge is -2.36. The summed E-state index contributed by atoms with van der Waals surface area (Å²) in [7, 11) is -1.45. The third-order valence-electron chi connectivity index (χ3n) is 2.49. The van der Waals surface area contributed by atoms with Gasteiger partial charge in [0.15, 0.2) is 0 Å². The van der Waals surface area contributed by atoms with Gasteiger partial charge in [0.1, 0.15) is 0 Å². The molecule has 0 spiro atoms. The van der Waals surface area contributed by atoms with Crippen LogP contribution in [0.4, 0.5) is 0 Å². The molecule has 0 amide bonds. The Morgan fingerprint density at radius 2 is 1.92 bits per heavy atom. The summed E-state index contributed by atoms with van der Waals surface area (Å²) in [6, 6.07) is 0. The van der Waals surface area contributed by atoms with Crippen LogP contribution in [0.5, 0.6) is 0 Å². The summed E-state index contributed by atoms with van der Waals surface area (Å²) in [5.41, 5.74) is 0. The van der Waals surface area contributed by atoms with Gasteiger partial charge in [0.2, 0.25) is 0 Å². The van der Waals surface area contributed by atoms with Crippen LogP contribution in [0.25, 0.3) is 0 Å². The van der Waals surface area contributed by atoms with Crippen molar-refractivity contribution in [1.82, 2.24) is 0 Å². The summed E-state index contributed by atoms with van der Waals surface area (Å²) in [5.74, 6) is -0.178. The van der Waals surface area contributed by atoms with Crippen molar-refractivity contribution >= 4 is 14.0 Å². The van der Waals surface area contributed by atoms with Crippen LogP contribution in [0, 0.1) is 0 Å². The first-order valence-electron chi connectivity index (χ1n) is 4.53. The van der Waals surface area contributed by atoms with Gasteiger partial charge in [-0.2, -0.15) is 0 Å². The zero-order valence-electron chi connectivity index (χ0n) is 9.31. The van der Waals surface area contributed by atoms with Gasteiger partial charge in [-0.1, -0.05) is 25.7 Å². The van der Waals surface area contributed by atoms with Crippen molar-refractivity contribution in [2.45, 2.75) is 45.1 Å². The van der Waals surface area contributed by atoms with E-state index in [0.29, 0.717) is 6.42 Å². The molecule has 0 bridgehead atoms. The molecule has 0 aliphatic heterocycles. The molecule has 0 unspecified atom stereocenters. The molecule has 0 N–H and O–H groups in total. The summed E-state index contributed by atoms with van der Waals surface area (Å²) in [4.78, 5) is 11.2. The fraction of sp³-hybridized carbons (Fsp3) is 0.700. The van der Waals surface area contributed by atoms with E-state index in [0.717, 1.165) is 0 Å². The molecule has 3 heteroatoms. The third kappa shape index (κ3) is 3.76. The Balaban J connectivity index is 4.33. The Hall–Kier alpha value is -0.573. The van der Waals surface area contributed by atoms with Crippen molar-refractivity contribution in [2.24, 2.45) is 0 Å². The second-order valence-electron chi connectivity index (χ2n) is 4.73. The average molecular weight is 200 g/mol. The molecule has 0 radical (unpaired) electrons. The van der Waals surface area contributed by atoms with Crippen LogP contribution in [0.1, 0.15) is 20.3 Å². The molecule has 76 valence electrons. The number of ether oxygens (including phenoxy) is 1. The molecule has 0 saturated heterocycles. The van der Waals surface area contributed by atoms with E-state index in [4.69, 9.17) is 4.74 Å². The van der Waals surface area contributed by atoms with Crippen LogP contribution in [0.3, 0.4) is 0 Å². The van der Waals surface area contributed by atoms with Crippen LogP contribution in [0.15, 0.2) is 12.7 Å². The van der Waals surface area contributed by atoms with Crippen molar-refractivity contribution in [3.05, 3.63) is 12.7 Å². The number of carbonyl (C=O) groups excluding carboxylic acids is 1. The number of rotatable bonds is 4. The number of hydrogen-bond acceptors (Lipinski definition) is 2. The first-order valence-corrected chi connectivity index (χ1v) is 8.03. The predicted molar refractivity (Wildman–Crippen MR) is 58.3 cm³/mol. The smallest absolute Gasteiger partial charge is 0.309 e. The van der Waals surface area contributed by atoms with Crippen molar-refractivity contribution in [2.75, 3.05) is 0 Å². The van der Waals surface area contributed by atoms with Crippen LogP contribution >= 0.6 is 0 Å². The van der Waals surface area contributed by atoms with Gasteiger partial charge in [-0.05, 0) is 13.8 Å². The lowest BCUT2D eigenvalue weighted by Crippen LogP contribution is -2.50. The lowest BCUT2D eigenvalue weighted by molar-refractivity contribution is -0.149. The van der Waals surface area contributed by atoms with Gasteiger partial charge in [-0.15, -0.1) is 6.58 Å². The predicted octanol–water partition coefficient (Wildman–Crippen LogP) is 2.76. The fourth-order valence-corrected chi connectivity index (χ4v) is 1.02. The largest absolute Gasteiger partial charge is 0.463 e. The Labute approximate surface area is 82.0 Å². The quantitative estimate of drug-likeness (QED) is 0.396. The van der Waals surface area contributed by atoms with Gasteiger partial charge >= 0.3 is 5.97 Å². The summed E-state index contributed by atoms with van der Waals surface area (Å²) in [5, 5.41) is -0.299. The van der Waals surface area contributed by atoms with Crippen LogP contribution < -0.4 is 0 Å². The average Bonchev–Trinajstić information content (AvgIpc) is 1.83. The first-order chi connectivity index (χ1) is 5.70. The van der Waals surface area contributed by atoms with E-state index < -0.39 is 8.07 Å². The first kappa shape index (κ1) is 12.4. The summed E-state index contributed by atoms with van der Waals surface area (Å²) in [6.45, 7) is 14.0. The molecule has 0 heterocycles. The molecule has 0 aromatic heterocycles. The highest BCUT2D eigenvalue weighted by Gasteiger charge is 2.37. The molecular formula is C10H20O2Si. The maximum absolute atomic E-state index is 11.2. The minimum Gasteiger partial charge on any atom is -0.463 e. The molecule has 0 aliphatic carbocycles. The van der Waals surface area contributed by atoms with E-state index in [-0.39, 0.29) is 11.2 Å². The van der Waals surface area contributed by atoms with E-state index >= 15 is 0 Å². The van der Waals surface area contributed by atoms with E-state index in [2.05, 4.69) is 26.2 Å². The lowest BCUT2D eigenvalue weighted by atomic mass is 10.4. The van der Waals surface area contributed by atoms with Gasteiger partial charge in [0.05, 0.1) is 19.7 Å². The molecule has 0 saturated carbocycles. The summed E-state index contributed by atoms with van der Waals surface area (Å²) < 4.78 is 5.39. The zero-order chi connectivity index (χ0) is 10.7. The minimum atomic E-state index is -1.45. The molecule has 0 fully saturated rings. The second kappa shape index (κ2) is 4.09. The maximum Gasteiger partial charge on any atom is 0.309 e. The van der Waals surface area contributed by atoms with Crippen LogP contribution in [0.2, 0.25) is 19.6 Å². The molecule has 0 aromatic rings. The van der Waals surface area contributed by atoms with Crippen LogP contribution in [-0.2, 0) is 9.53 Å². The monoisotopic (exact) mass is 200 g/mol. The Morgan fingerprint density at radius 3 is 2.23 bits per heavy atom. The number of esters is 1. The highest BCUT2D eigenvalue weighted by atomic mass is 28.3. The fourth-order valence-electron chi connectivity index (χ4n) is 0.597. The number of carbonyl (C=O) groups is 1. The van der Waals surface area contributed by atoms with Crippen LogP contribution in [-0.4, -0.2) is 19.3 Å². The normalized spacial score (nSPS) is 12.4. The topological polar surface area (TPSA) is 26.3 Å². The third-order valence-corrected chi connectivity index (χ3v) is 6.20. The minimum absolute atomic E-state index is 0.178. The van der Waals surface area contributed by atoms with Gasteiger partial charge in [-0.25, -0.2) is 0 Å². The molecule has 0 atom stereocenters. The molecule has 0 rings (SSSR count). The molecule has 0 aromatic carbocycles. The van der Waals surface area contributed by atoms with Gasteiger partial charge in [-0.3, -0.25) is 4.79 Å². The van der Waals surface area contributed by atoms with Crippen molar-refractivity contribution in [3.63, 3.8) is 0 Å². The van der Waals surface area contributed by atoms with E-state index in [1.807, 2.05) is 13.8 Å². The standard InChI is InChI=1S/C10H20O2Si/c1-7-8-9(11)12-10(2,3)13(4,5)6/h7H,1,8H2,2-6H3. The molecule has 0 aliphatic rings. The van der Waals surface area contributed by atoms with Gasteiger partial charge in [0.25, 0.3) is 0 Å². The molecule has 13 heavy (non-hydrogen) atoms. The van der Waals surface area contributed by atoms with E-state index in [1.165, 1.54) is 0 Å². The maximum atomic E-state index is 11.2. The Kier molecular flexibility index (Phi) is 3.91. The Bertz CT molecular complexity index is 201. The van der Waals surface area contributed by atoms with E-state index in [9.17, 15) is 4.79 Å². The molecule has 2 nitrogen and oxygen atoms in total. The zero-order valence-corrected chi connectivity index (χ0v) is 10.3. The Morgan fingerprint density at radius 1 is 1.46 bits per heavy atom. The second-order valence-corrected chi connectivity index (χ2v) is 10.4. The van der Waals surface area contributed by atoms with Crippen molar-refractivity contribution < 1.29 is 9.53 Å². The number of hydrogen-bond donors (Lipinski definition) is 0. The SMILES string of the molecule is C=CCC(=O)OC(C)(C)[Si](C)(C)C. The highest BCUT2D eigenvalue weighted by molar-refractivity contribution is 6.78. The van der Waals surface area contributed by atoms with E-state index in [1.54, 1.807) is 6.08 Å². The van der Waals surface area contributed by atoms with Crippen molar-refractivity contribution in [1.29, 1.82) is 0 Å².